The third-order valence-corrected chi connectivity index (χ3v) is 0. The quantitative estimate of drug-likeness (QED) is 0.424. The Kier molecular flexibility index (Phi) is 13.2. The summed E-state index contributed by atoms with van der Waals surface area (Å²) in [6.07, 6.45) is 0. The fraction of sp³-hybridized carbons (Fsp3) is 0. The van der Waals surface area contributed by atoms with Gasteiger partial charge in [0.15, 0.2) is 0 Å². The summed E-state index contributed by atoms with van der Waals surface area (Å²) >= 11 is -0.750. The Morgan fingerprint density at radius 1 is 1.29 bits per heavy atom. The van der Waals surface area contributed by atoms with Crippen LogP contribution in [0.1, 0.15) is 0 Å². The fourth-order valence-corrected chi connectivity index (χ4v) is 0. The Morgan fingerprint density at radius 2 is 1.29 bits per heavy atom. The van der Waals surface area contributed by atoms with Gasteiger partial charge in [0.1, 0.15) is 0 Å². The van der Waals surface area contributed by atoms with E-state index in [-0.39, 0.29) is 0 Å². The van der Waals surface area contributed by atoms with Gasteiger partial charge in [0, 0.05) is 4.57 Å². The molecule has 0 aromatic carbocycles. The van der Waals surface area contributed by atoms with Crippen LogP contribution < -0.4 is 0 Å². The van der Waals surface area contributed by atoms with Crippen molar-refractivity contribution >= 4 is 19.8 Å². The third-order valence-electron chi connectivity index (χ3n) is 0. The Hall–Kier alpha value is -0.160. The van der Waals surface area contributed by atoms with E-state index in [9.17, 15) is 0 Å². The van der Waals surface area contributed by atoms with Crippen molar-refractivity contribution in [2.24, 2.45) is 0 Å². The lowest BCUT2D eigenvalue weighted by Crippen LogP contribution is -1.38. The van der Waals surface area contributed by atoms with Crippen LogP contribution in [0.15, 0.2) is 0 Å². The molecule has 0 saturated carbocycles. The van der Waals surface area contributed by atoms with E-state index in [1.807, 2.05) is 0 Å². The summed E-state index contributed by atoms with van der Waals surface area (Å²) in [5.41, 5.74) is 0. The van der Waals surface area contributed by atoms with Crippen molar-refractivity contribution < 1.29 is 22.8 Å². The van der Waals surface area contributed by atoms with Gasteiger partial charge in [-0.05, 0) is 0 Å². The Balaban J connectivity index is 0. The fourth-order valence-electron chi connectivity index (χ4n) is 0. The molecule has 0 bridgehead atoms. The summed E-state index contributed by atoms with van der Waals surface area (Å²) in [5, 5.41) is 0. The van der Waals surface area contributed by atoms with Gasteiger partial charge in [0.25, 0.3) is 0 Å². The topological polar surface area (TPSA) is 91.7 Å². The maximum atomic E-state index is 8.70. The molecule has 0 aromatic rings. The lowest BCUT2D eigenvalue weighted by atomic mass is 15.8. The second kappa shape index (κ2) is 9.28. The van der Waals surface area contributed by atoms with E-state index in [0.29, 0.717) is 0 Å². The van der Waals surface area contributed by atoms with Gasteiger partial charge in [0.05, 0.1) is 0 Å². The number of hydrogen-bond donors (Lipinski definition) is 2. The number of rotatable bonds is 0. The van der Waals surface area contributed by atoms with Crippen LogP contribution in [0.2, 0.25) is 0 Å². The van der Waals surface area contributed by atoms with E-state index < -0.39 is 19.8 Å². The summed E-state index contributed by atoms with van der Waals surface area (Å²) in [7, 11) is -2.87. The molecular weight excluding hydrogens is 143 g/mol. The Morgan fingerprint density at radius 3 is 1.29 bits per heavy atom. The lowest BCUT2D eigenvalue weighted by Gasteiger charge is -1.34. The molecule has 0 unspecified atom stereocenters. The molecule has 0 fully saturated rings. The maximum Gasteiger partial charge on any atom is 0.692 e. The smallest absolute Gasteiger partial charge is 0.168 e. The average Bonchev–Trinajstić information content (AvgIpc) is 1.33. The van der Waals surface area contributed by atoms with E-state index in [1.165, 1.54) is 0 Å². The van der Waals surface area contributed by atoms with Crippen LogP contribution in [0.5, 0.6) is 0 Å². The van der Waals surface area contributed by atoms with Crippen molar-refractivity contribution in [1.82, 2.24) is 0 Å². The maximum absolute atomic E-state index is 8.70. The molecule has 5 nitrogen and oxygen atoms in total. The minimum absolute atomic E-state index is 0.750. The van der Waals surface area contributed by atoms with Crippen LogP contribution in [0.25, 0.3) is 0 Å². The van der Waals surface area contributed by atoms with Gasteiger partial charge in [-0.1, -0.05) is 0 Å². The van der Waals surface area contributed by atoms with Crippen LogP contribution in [-0.2, 0) is 16.1 Å². The molecule has 0 radical (unpaired) electrons. The van der Waals surface area contributed by atoms with Crippen molar-refractivity contribution in [2.45, 2.75) is 0 Å². The van der Waals surface area contributed by atoms with Crippen molar-refractivity contribution in [3.05, 3.63) is 0 Å². The van der Waals surface area contributed by atoms with Gasteiger partial charge in [-0.2, -0.15) is 8.42 Å². The molecule has 0 heterocycles. The molecule has 0 spiro atoms. The van der Waals surface area contributed by atoms with Gasteiger partial charge in [-0.3, -0.25) is 0 Å². The van der Waals surface area contributed by atoms with E-state index in [1.54, 1.807) is 0 Å². The Labute approximate surface area is 43.5 Å². The molecule has 0 aromatic heterocycles. The highest BCUT2D eigenvalue weighted by Crippen LogP contribution is 1.98. The molecule has 7 heavy (non-hydrogen) atoms. The zero-order valence-corrected chi connectivity index (χ0v) is 4.69. The summed E-state index contributed by atoms with van der Waals surface area (Å²) in [6, 6.07) is 0. The molecule has 7 heteroatoms. The first kappa shape index (κ1) is 9.96. The van der Waals surface area contributed by atoms with Crippen LogP contribution in [0, 0.1) is 0 Å². The normalized spacial score (nSPS) is 5.43. The monoisotopic (exact) mass is 145 g/mol. The molecule has 2 N–H and O–H groups in total. The zero-order valence-electron chi connectivity index (χ0n) is 2.97. The van der Waals surface area contributed by atoms with Crippen molar-refractivity contribution in [3.8, 4) is 0 Å². The summed E-state index contributed by atoms with van der Waals surface area (Å²) in [6.45, 7) is 0. The van der Waals surface area contributed by atoms with E-state index >= 15 is 0 Å². The van der Waals surface area contributed by atoms with Crippen molar-refractivity contribution in [3.63, 3.8) is 0 Å². The van der Waals surface area contributed by atoms with Crippen LogP contribution in [0.4, 0.5) is 0 Å². The molecule has 42 valence electrons. The first-order valence-corrected chi connectivity index (χ1v) is 2.75. The first-order valence-electron chi connectivity index (χ1n) is 0.916. The molecule has 0 aliphatic carbocycles. The van der Waals surface area contributed by atoms with Gasteiger partial charge in [0.2, 0.25) is 0 Å². The molecule has 0 saturated heterocycles. The Bertz CT molecular complexity index is 76.1. The highest BCUT2D eigenvalue weighted by Gasteiger charge is 1.93. The summed E-state index contributed by atoms with van der Waals surface area (Å²) in [4.78, 5) is 14.2. The highest BCUT2D eigenvalue weighted by atomic mass is 32.1. The molecule has 0 aliphatic heterocycles. The molecular formula is H2O5PS+. The third kappa shape index (κ3) is 3360. The van der Waals surface area contributed by atoms with Crippen molar-refractivity contribution in [1.29, 1.82) is 0 Å². The molecule has 0 amide bonds. The standard InChI is InChI=1S/HO3P.O2S/c1-4(2)3;1-3-2/h(H-,1,2,3);/p+1. The first-order chi connectivity index (χ1) is 3.15. The zero-order chi connectivity index (χ0) is 6.28. The molecule has 0 rings (SSSR count). The summed E-state index contributed by atoms with van der Waals surface area (Å²) < 4.78 is 25.3. The lowest BCUT2D eigenvalue weighted by molar-refractivity contribution is 0.405. The van der Waals surface area contributed by atoms with Crippen LogP contribution >= 0.6 is 8.25 Å². The van der Waals surface area contributed by atoms with Gasteiger partial charge in [-0.15, -0.1) is 9.79 Å². The van der Waals surface area contributed by atoms with Crippen molar-refractivity contribution in [2.75, 3.05) is 0 Å². The predicted octanol–water partition coefficient (Wildman–Crippen LogP) is -1.04. The molecule has 0 aliphatic rings. The predicted molar refractivity (Wildman–Crippen MR) is 21.0 cm³/mol. The van der Waals surface area contributed by atoms with Gasteiger partial charge in [-0.25, -0.2) is 0 Å². The minimum Gasteiger partial charge on any atom is -0.168 e. The van der Waals surface area contributed by atoms with Crippen LogP contribution in [-0.4, -0.2) is 18.2 Å². The van der Waals surface area contributed by atoms with Gasteiger partial charge < -0.3 is 0 Å². The van der Waals surface area contributed by atoms with Crippen LogP contribution in [0.3, 0.4) is 0 Å². The average molecular weight is 145 g/mol. The highest BCUT2D eigenvalue weighted by molar-refractivity contribution is 7.51. The van der Waals surface area contributed by atoms with E-state index in [4.69, 9.17) is 22.8 Å². The summed E-state index contributed by atoms with van der Waals surface area (Å²) in [5.74, 6) is 0. The van der Waals surface area contributed by atoms with E-state index in [2.05, 4.69) is 0 Å². The SMILES string of the molecule is O=S=O.O=[P+](O)O. The second-order valence-electron chi connectivity index (χ2n) is 0.321. The number of hydrogen-bond acceptors (Lipinski definition) is 3. The second-order valence-corrected chi connectivity index (χ2v) is 0.962. The largest absolute Gasteiger partial charge is 0.692 e. The minimum atomic E-state index is -2.87. The van der Waals surface area contributed by atoms with Gasteiger partial charge >= 0.3 is 19.8 Å². The van der Waals surface area contributed by atoms with E-state index in [0.717, 1.165) is 0 Å². The molecule has 0 atom stereocenters.